The molecule has 0 aromatic heterocycles. The Hall–Kier alpha value is -1.19. The van der Waals surface area contributed by atoms with Crippen LogP contribution < -0.4 is 5.32 Å². The summed E-state index contributed by atoms with van der Waals surface area (Å²) in [5, 5.41) is 0.807. The Kier molecular flexibility index (Phi) is 5.11. The fourth-order valence-corrected chi connectivity index (χ4v) is 2.05. The molecule has 8 nitrogen and oxygen atoms in total. The molecular weight excluding hydrogens is 290 g/mol. The van der Waals surface area contributed by atoms with Gasteiger partial charge in [0.1, 0.15) is 17.0 Å². The summed E-state index contributed by atoms with van der Waals surface area (Å²) in [5.74, 6) is -0.418. The van der Waals surface area contributed by atoms with Gasteiger partial charge in [0.25, 0.3) is 10.1 Å². The van der Waals surface area contributed by atoms with Crippen molar-refractivity contribution in [3.05, 3.63) is 0 Å². The molecule has 2 atom stereocenters. The maximum Gasteiger partial charge on any atom is 0.407 e. The second kappa shape index (κ2) is 6.06. The van der Waals surface area contributed by atoms with Crippen LogP contribution in [0, 0.1) is 0 Å². The van der Waals surface area contributed by atoms with E-state index in [4.69, 9.17) is 14.0 Å². The van der Waals surface area contributed by atoms with Crippen LogP contribution in [0.2, 0.25) is 0 Å². The van der Waals surface area contributed by atoms with Crippen molar-refractivity contribution in [3.8, 4) is 0 Å². The molecule has 0 aliphatic carbocycles. The summed E-state index contributed by atoms with van der Waals surface area (Å²) in [6.45, 7) is 4.81. The normalized spacial score (nSPS) is 20.1. The Morgan fingerprint density at radius 2 is 2.00 bits per heavy atom. The Balaban J connectivity index is 2.53. The summed E-state index contributed by atoms with van der Waals surface area (Å²) in [7, 11) is -4.45. The molecule has 20 heavy (non-hydrogen) atoms. The highest BCUT2D eigenvalue weighted by molar-refractivity contribution is 7.86. The van der Waals surface area contributed by atoms with E-state index in [1.165, 1.54) is 0 Å². The maximum absolute atomic E-state index is 11.5. The number of Topliss-reactive ketones (excluding diaryl/α,β-unsaturated/α-hetero) is 1. The second-order valence-corrected chi connectivity index (χ2v) is 7.21. The molecule has 0 aromatic rings. The summed E-state index contributed by atoms with van der Waals surface area (Å²) in [5.41, 5.74) is -0.727. The second-order valence-electron chi connectivity index (χ2n) is 5.51. The third-order valence-corrected chi connectivity index (χ3v) is 3.59. The first-order chi connectivity index (χ1) is 8.99. The number of alkyl carbamates (subject to hydrolysis) is 1. The Bertz CT molecular complexity index is 475. The average Bonchev–Trinajstić information content (AvgIpc) is 3.02. The topological polar surface area (TPSA) is 122 Å². The number of carbonyl (C=O) groups is 2. The minimum Gasteiger partial charge on any atom is -0.444 e. The van der Waals surface area contributed by atoms with Crippen molar-refractivity contribution < 1.29 is 32.0 Å². The monoisotopic (exact) mass is 309 g/mol. The Labute approximate surface area is 117 Å². The lowest BCUT2D eigenvalue weighted by Crippen LogP contribution is -2.40. The average molecular weight is 309 g/mol. The van der Waals surface area contributed by atoms with Crippen molar-refractivity contribution in [2.45, 2.75) is 44.1 Å². The van der Waals surface area contributed by atoms with E-state index in [9.17, 15) is 18.0 Å². The number of ether oxygens (including phenoxy) is 2. The van der Waals surface area contributed by atoms with E-state index in [2.05, 4.69) is 5.32 Å². The number of amides is 1. The Morgan fingerprint density at radius 3 is 2.40 bits per heavy atom. The summed E-state index contributed by atoms with van der Waals surface area (Å²) in [4.78, 5) is 22.9. The number of hydrogen-bond donors (Lipinski definition) is 2. The fourth-order valence-electron chi connectivity index (χ4n) is 1.38. The molecule has 0 saturated carbocycles. The van der Waals surface area contributed by atoms with Gasteiger partial charge in [-0.1, -0.05) is 0 Å². The predicted octanol–water partition coefficient (Wildman–Crippen LogP) is 0.126. The van der Waals surface area contributed by atoms with Gasteiger partial charge in [-0.15, -0.1) is 0 Å². The first-order valence-electron chi connectivity index (χ1n) is 6.06. The van der Waals surface area contributed by atoms with Crippen molar-refractivity contribution in [2.75, 3.05) is 13.2 Å². The van der Waals surface area contributed by atoms with Crippen molar-refractivity contribution in [2.24, 2.45) is 0 Å². The SMILES string of the molecule is CC(C)(C)OC(=O)NCC(CC(=O)C1CO1)S(=O)(=O)O. The van der Waals surface area contributed by atoms with E-state index in [-0.39, 0.29) is 6.61 Å². The standard InChI is InChI=1S/C11H19NO7S/c1-11(2,3)19-10(14)12-5-7(20(15,16)17)4-8(13)9-6-18-9/h7,9H,4-6H2,1-3H3,(H,12,14)(H,15,16,17). The molecular formula is C11H19NO7S. The first-order valence-corrected chi connectivity index (χ1v) is 7.57. The molecule has 0 radical (unpaired) electrons. The van der Waals surface area contributed by atoms with Crippen LogP contribution in [-0.2, 0) is 24.4 Å². The van der Waals surface area contributed by atoms with Crippen LogP contribution in [0.15, 0.2) is 0 Å². The van der Waals surface area contributed by atoms with Crippen LogP contribution in [0.4, 0.5) is 4.79 Å². The lowest BCUT2D eigenvalue weighted by atomic mass is 10.2. The summed E-state index contributed by atoms with van der Waals surface area (Å²) >= 11 is 0. The van der Waals surface area contributed by atoms with Gasteiger partial charge in [-0.2, -0.15) is 8.42 Å². The van der Waals surface area contributed by atoms with Crippen molar-refractivity contribution in [1.29, 1.82) is 0 Å². The molecule has 1 aliphatic heterocycles. The minimum atomic E-state index is -4.45. The van der Waals surface area contributed by atoms with Crippen molar-refractivity contribution in [3.63, 3.8) is 0 Å². The lowest BCUT2D eigenvalue weighted by Gasteiger charge is -2.20. The van der Waals surface area contributed by atoms with E-state index < -0.39 is 51.9 Å². The molecule has 1 fully saturated rings. The molecule has 0 bridgehead atoms. The molecule has 0 aromatic carbocycles. The zero-order valence-electron chi connectivity index (χ0n) is 11.6. The third-order valence-electron chi connectivity index (χ3n) is 2.42. The molecule has 2 unspecified atom stereocenters. The van der Waals surface area contributed by atoms with Gasteiger partial charge >= 0.3 is 6.09 Å². The zero-order valence-corrected chi connectivity index (χ0v) is 12.4. The van der Waals surface area contributed by atoms with E-state index in [0.717, 1.165) is 0 Å². The fraction of sp³-hybridized carbons (Fsp3) is 0.818. The van der Waals surface area contributed by atoms with Crippen LogP contribution in [0.1, 0.15) is 27.2 Å². The van der Waals surface area contributed by atoms with Crippen LogP contribution in [0.3, 0.4) is 0 Å². The summed E-state index contributed by atoms with van der Waals surface area (Å²) in [6, 6.07) is 0. The molecule has 1 saturated heterocycles. The van der Waals surface area contributed by atoms with Crippen LogP contribution in [0.25, 0.3) is 0 Å². The number of rotatable bonds is 6. The van der Waals surface area contributed by atoms with Crippen LogP contribution >= 0.6 is 0 Å². The van der Waals surface area contributed by atoms with Crippen molar-refractivity contribution >= 4 is 22.0 Å². The van der Waals surface area contributed by atoms with Gasteiger partial charge in [0.2, 0.25) is 0 Å². The van der Waals surface area contributed by atoms with E-state index in [1.54, 1.807) is 20.8 Å². The van der Waals surface area contributed by atoms with Gasteiger partial charge < -0.3 is 14.8 Å². The first kappa shape index (κ1) is 16.9. The van der Waals surface area contributed by atoms with Gasteiger partial charge in [0.05, 0.1) is 6.61 Å². The van der Waals surface area contributed by atoms with E-state index in [0.29, 0.717) is 0 Å². The lowest BCUT2D eigenvalue weighted by molar-refractivity contribution is -0.120. The molecule has 116 valence electrons. The van der Waals surface area contributed by atoms with E-state index >= 15 is 0 Å². The third kappa shape index (κ3) is 6.31. The van der Waals surface area contributed by atoms with E-state index in [1.807, 2.05) is 0 Å². The highest BCUT2D eigenvalue weighted by Crippen LogP contribution is 2.16. The molecule has 2 N–H and O–H groups in total. The highest BCUT2D eigenvalue weighted by atomic mass is 32.2. The van der Waals surface area contributed by atoms with Gasteiger partial charge in [-0.05, 0) is 20.8 Å². The van der Waals surface area contributed by atoms with Gasteiger partial charge in [0, 0.05) is 13.0 Å². The molecule has 1 heterocycles. The number of ketones is 1. The molecule has 0 spiro atoms. The number of nitrogens with one attached hydrogen (secondary N) is 1. The Morgan fingerprint density at radius 1 is 1.45 bits per heavy atom. The zero-order chi connectivity index (χ0) is 15.6. The summed E-state index contributed by atoms with van der Waals surface area (Å²) in [6.07, 6.45) is -1.83. The van der Waals surface area contributed by atoms with Crippen LogP contribution in [-0.4, -0.2) is 55.0 Å². The number of carbonyl (C=O) groups excluding carboxylic acids is 2. The quantitative estimate of drug-likeness (QED) is 0.528. The molecule has 1 aliphatic rings. The maximum atomic E-state index is 11.5. The highest BCUT2D eigenvalue weighted by Gasteiger charge is 2.36. The smallest absolute Gasteiger partial charge is 0.407 e. The number of hydrogen-bond acceptors (Lipinski definition) is 6. The van der Waals surface area contributed by atoms with Crippen LogP contribution in [0.5, 0.6) is 0 Å². The minimum absolute atomic E-state index is 0.260. The van der Waals surface area contributed by atoms with Crippen molar-refractivity contribution in [1.82, 2.24) is 5.32 Å². The van der Waals surface area contributed by atoms with Gasteiger partial charge in [0.15, 0.2) is 5.78 Å². The molecule has 1 amide bonds. The molecule has 9 heteroatoms. The molecule has 1 rings (SSSR count). The van der Waals surface area contributed by atoms with Gasteiger partial charge in [-0.25, -0.2) is 4.79 Å². The summed E-state index contributed by atoms with van der Waals surface area (Å²) < 4.78 is 41.1. The van der Waals surface area contributed by atoms with Gasteiger partial charge in [-0.3, -0.25) is 9.35 Å². The predicted molar refractivity (Wildman–Crippen MR) is 68.9 cm³/mol. The largest absolute Gasteiger partial charge is 0.444 e. The number of epoxide rings is 1.